The molecule has 0 aromatic heterocycles. The van der Waals surface area contributed by atoms with Crippen LogP contribution >= 0.6 is 0 Å². The summed E-state index contributed by atoms with van der Waals surface area (Å²) < 4.78 is 383. The molecule has 0 aliphatic rings. The first kappa shape index (κ1) is 49.3. The summed E-state index contributed by atoms with van der Waals surface area (Å²) in [7, 11) is 9.31. The van der Waals surface area contributed by atoms with Crippen molar-refractivity contribution in [3.05, 3.63) is 298 Å². The fourth-order valence-electron chi connectivity index (χ4n) is 7.60. The number of aliphatic hydroxyl groups excluding tert-OH is 5. The lowest BCUT2D eigenvalue weighted by Gasteiger charge is -2.09. The summed E-state index contributed by atoms with van der Waals surface area (Å²) in [5, 5.41) is 214. The smallest absolute Gasteiger partial charge is 0.115 e. The third-order valence-electron chi connectivity index (χ3n) is 12.8. The summed E-state index contributed by atoms with van der Waals surface area (Å²) in [6.07, 6.45) is -20.4. The molecule has 30 nitrogen and oxygen atoms in total. The Morgan fingerprint density at radius 2 is 0.467 bits per heavy atom. The third kappa shape index (κ3) is 47.9. The molecule has 0 amide bonds. The van der Waals surface area contributed by atoms with Crippen LogP contribution in [0, 0.1) is 0 Å². The Kier molecular flexibility index (Phi) is 26.5. The van der Waals surface area contributed by atoms with Gasteiger partial charge in [0, 0.05) is 91.3 Å². The summed E-state index contributed by atoms with van der Waals surface area (Å²) in [5.74, 6) is -6.11. The predicted molar refractivity (Wildman–Crippen MR) is 470 cm³/mol. The molecule has 3 unspecified atom stereocenters. The summed E-state index contributed by atoms with van der Waals surface area (Å²) in [6, 6.07) is -2.06. The van der Waals surface area contributed by atoms with Crippen LogP contribution in [0.15, 0.2) is 242 Å². The van der Waals surface area contributed by atoms with Gasteiger partial charge in [-0.1, -0.05) is 121 Å². The molecule has 660 valence electrons. The maximum atomic E-state index is 9.95. The zero-order valence-corrected chi connectivity index (χ0v) is 64.8. The van der Waals surface area contributed by atoms with Crippen LogP contribution in [0.3, 0.4) is 0 Å². The molecule has 0 radical (unpaired) electrons. The van der Waals surface area contributed by atoms with E-state index in [4.69, 9.17) is 76.4 Å². The minimum Gasteiger partial charge on any atom is -0.508 e. The van der Waals surface area contributed by atoms with E-state index in [1.165, 1.54) is 88.9 Å². The summed E-state index contributed by atoms with van der Waals surface area (Å²) in [5.41, 5.74) is -3.18. The third-order valence-corrected chi connectivity index (χ3v) is 12.8. The van der Waals surface area contributed by atoms with E-state index in [0.717, 1.165) is 14.1 Å². The lowest BCUT2D eigenvalue weighted by molar-refractivity contribution is 0.177. The van der Waals surface area contributed by atoms with Gasteiger partial charge in [0.1, 0.15) is 57.5 Å². The number of aliphatic hydroxyl groups is 10. The molecule has 10 rings (SSSR count). The second-order valence-corrected chi connectivity index (χ2v) is 21.9. The average Bonchev–Trinajstić information content (AvgIpc) is 0.577. The molecule has 0 fully saturated rings. The minimum atomic E-state index is -3.07. The molecule has 30 heteroatoms. The molecular formula is C90H130N10O20. The normalized spacial score (nSPS) is 21.3. The molecule has 10 atom stereocenters. The van der Waals surface area contributed by atoms with E-state index in [2.05, 4.69) is 37.2 Å². The predicted octanol–water partition coefficient (Wildman–Crippen LogP) is 6.45. The van der Waals surface area contributed by atoms with Gasteiger partial charge in [-0.3, -0.25) is 0 Å². The highest BCUT2D eigenvalue weighted by Crippen LogP contribution is 2.25. The second kappa shape index (κ2) is 64.3. The van der Waals surface area contributed by atoms with E-state index < -0.39 is 364 Å². The summed E-state index contributed by atoms with van der Waals surface area (Å²) in [6.45, 7) is -21.0. The minimum absolute atomic E-state index is 0.0421. The first-order valence-electron chi connectivity index (χ1n) is 59.8. The highest BCUT2D eigenvalue weighted by atomic mass is 16.3. The van der Waals surface area contributed by atoms with E-state index in [1.807, 2.05) is 10.6 Å². The van der Waals surface area contributed by atoms with E-state index in [-0.39, 0.29) is 60.1 Å². The number of phenolic OH excluding ortho intramolecular Hbond substituents is 10. The lowest BCUT2D eigenvalue weighted by Crippen LogP contribution is -2.16. The number of benzene rings is 10. The van der Waals surface area contributed by atoms with Crippen molar-refractivity contribution in [1.29, 1.82) is 0 Å². The second-order valence-electron chi connectivity index (χ2n) is 21.9. The number of hydrogen-bond acceptors (Lipinski definition) is 30. The highest BCUT2D eigenvalue weighted by Gasteiger charge is 2.13. The Bertz CT molecular complexity index is 6640. The van der Waals surface area contributed by atoms with Crippen molar-refractivity contribution in [3.8, 4) is 57.5 Å². The van der Waals surface area contributed by atoms with Crippen LogP contribution in [0.1, 0.15) is 188 Å². The van der Waals surface area contributed by atoms with Crippen molar-refractivity contribution in [3.63, 3.8) is 0 Å². The van der Waals surface area contributed by atoms with E-state index in [1.54, 1.807) is 24.5 Å². The zero-order valence-electron chi connectivity index (χ0n) is 117. The number of aromatic hydroxyl groups is 10. The van der Waals surface area contributed by atoms with Crippen LogP contribution in [-0.4, -0.2) is 238 Å². The van der Waals surface area contributed by atoms with E-state index in [9.17, 15) is 97.0 Å². The molecule has 0 spiro atoms. The summed E-state index contributed by atoms with van der Waals surface area (Å²) >= 11 is 0. The maximum absolute atomic E-state index is 9.95. The van der Waals surface area contributed by atoms with Gasteiger partial charge in [0.25, 0.3) is 0 Å². The van der Waals surface area contributed by atoms with Gasteiger partial charge in [-0.05, 0) is 247 Å². The molecule has 10 aromatic rings. The number of nitrogens with one attached hydrogen (secondary N) is 10. The van der Waals surface area contributed by atoms with Crippen LogP contribution in [0.25, 0.3) is 0 Å². The van der Waals surface area contributed by atoms with Crippen molar-refractivity contribution in [1.82, 2.24) is 53.2 Å². The first-order chi connectivity index (χ1) is 77.9. The van der Waals surface area contributed by atoms with Gasteiger partial charge in [0.15, 0.2) is 0 Å². The van der Waals surface area contributed by atoms with E-state index >= 15 is 0 Å². The SMILES string of the molecule is [2H]C([2H])([2H])NC([2H])([2H])C(O)c1cccc(O)c1.[2H]C([2H])([2H])NCC(O)c1cccc(O)c1.[2H]C([2H])([2H])NCC([2H])(O)c1cccc(O)c1.[2H]c1c([2H])c(O)c([2H])c([C@@H](O)C([2H])([2H])NC)c1[2H].[2H]c1c([2H])c(O)c([2H])c([C@@]([2H])(O)C([2H])([2H])NC)c1[2H].[2H]c1c([2H])c(O)c([2H])c([C@@]([2H])(O)CNC)c1[2H].[2H]c1c([2H])c(O)c([2H])c([C@H](O)C([2H])([2H])NC)c1[2H].[2H]c1c([2H])c(O)c([2H])c([C@H](O)CNC)c1[2H].[2H]c1c([2H])c(O)c([2H])c([C@]([2H])(O)C([2H])([2H])NC)c1[2H].[2H]c1c([2H])c(O)c([2H])c([C@]([2H])(O)CNC)c1[2H]. The molecule has 10 aromatic carbocycles. The van der Waals surface area contributed by atoms with Gasteiger partial charge in [-0.15, -0.1) is 0 Å². The maximum Gasteiger partial charge on any atom is 0.115 e. The van der Waals surface area contributed by atoms with Crippen LogP contribution in [0.4, 0.5) is 0 Å². The molecule has 0 aliphatic carbocycles. The van der Waals surface area contributed by atoms with Crippen molar-refractivity contribution in [2.45, 2.75) is 60.9 Å². The number of hydrogen-bond donors (Lipinski definition) is 30. The topological polar surface area (TPSA) is 525 Å². The molecule has 0 aliphatic heterocycles. The van der Waals surface area contributed by atoms with Crippen LogP contribution in [0.2, 0.25) is 0 Å². The molecule has 30 N–H and O–H groups in total. The molecular weight excluding hydrogens is 1540 g/mol. The van der Waals surface area contributed by atoms with Crippen LogP contribution < -0.4 is 53.2 Å². The van der Waals surface area contributed by atoms with Crippen molar-refractivity contribution < 1.29 is 173 Å². The quantitative estimate of drug-likeness (QED) is 0.0230. The van der Waals surface area contributed by atoms with Crippen LogP contribution in [-0.2, 0) is 0 Å². The molecule has 120 heavy (non-hydrogen) atoms. The highest BCUT2D eigenvalue weighted by molar-refractivity contribution is 5.36. The number of phenols is 10. The van der Waals surface area contributed by atoms with Gasteiger partial charge in [0.05, 0.1) is 106 Å². The lowest BCUT2D eigenvalue weighted by atomic mass is 10.1. The first-order valence-corrected chi connectivity index (χ1v) is 33.8. The van der Waals surface area contributed by atoms with Gasteiger partial charge >= 0.3 is 0 Å². The Morgan fingerprint density at radius 3 is 0.775 bits per heavy atom. The van der Waals surface area contributed by atoms with Gasteiger partial charge < -0.3 is 155 Å². The van der Waals surface area contributed by atoms with Gasteiger partial charge in [-0.25, -0.2) is 0 Å². The van der Waals surface area contributed by atoms with E-state index in [0.29, 0.717) is 5.56 Å². The molecule has 0 bridgehead atoms. The number of rotatable bonds is 30. The fourth-order valence-corrected chi connectivity index (χ4v) is 7.60. The van der Waals surface area contributed by atoms with Gasteiger partial charge in [0.2, 0.25) is 0 Å². The Labute approximate surface area is 777 Å². The molecule has 0 saturated carbocycles. The molecule has 0 heterocycles. The van der Waals surface area contributed by atoms with Crippen molar-refractivity contribution >= 4 is 0 Å². The zero-order chi connectivity index (χ0) is 135. The standard InChI is InChI=1S/10C9H13NO2/c10*1-10-6-9(12)7-3-2-4-8(11)5-7/h10*2-5,9-12H,6H2,1H3/t7*9-;;;/m1111000.../s1/i2D,3D,4D,5D,6D2,9D;2D,3D,4D,5D,9D;2D,3D,4D,5D,6D2;2D,3D,4D,5D;2D,3D,4D,5D,6D2,9D;2D,3D,4D,5D,9D;2D,3D,4D,5D,6D2;1D3,9D;1D3,6D2;1D3. The van der Waals surface area contributed by atoms with Gasteiger partial charge in [-0.2, -0.15) is 0 Å². The summed E-state index contributed by atoms with van der Waals surface area (Å²) in [4.78, 5) is 0. The Hall–Kier alpha value is -10.6. The average molecular weight is 1720 g/mol. The monoisotopic (exact) mass is 1720 g/mol. The Morgan fingerprint density at radius 1 is 0.242 bits per heavy atom. The van der Waals surface area contributed by atoms with Crippen molar-refractivity contribution in [2.24, 2.45) is 0 Å². The van der Waals surface area contributed by atoms with Crippen molar-refractivity contribution in [2.75, 3.05) is 135 Å². The van der Waals surface area contributed by atoms with Crippen LogP contribution in [0.5, 0.6) is 57.5 Å². The fraction of sp³-hybridized carbons (Fsp3) is 0.333. The molecule has 0 saturated heterocycles. The Balaban J connectivity index is 0.000000956. The largest absolute Gasteiger partial charge is 0.508 e. The number of likely N-dealkylation sites (N-methyl/N-ethyl adjacent to an activating group) is 10.